The molecule has 5 aromatic rings. The highest BCUT2D eigenvalue weighted by atomic mass is 19.3. The molecule has 0 bridgehead atoms. The Balaban J connectivity index is 1.67. The number of pyridine rings is 3. The SMILES string of the molecule is CN(C(=O)OC(C)(C)C)c1cc(F)c(F)c2c1[nH]c1ncc(-c3cnc4c(c3)c(=O)c(C(=O)O)cn4C)c(N3CCC(F)(F)C3)c12. The van der Waals surface area contributed by atoms with Gasteiger partial charge in [0.05, 0.1) is 39.6 Å². The molecule has 1 aliphatic rings. The highest BCUT2D eigenvalue weighted by molar-refractivity contribution is 6.19. The lowest BCUT2D eigenvalue weighted by molar-refractivity contribution is 0.0257. The monoisotopic (exact) mass is 640 g/mol. The van der Waals surface area contributed by atoms with Crippen LogP contribution in [0.4, 0.5) is 33.7 Å². The summed E-state index contributed by atoms with van der Waals surface area (Å²) < 4.78 is 67.2. The molecule has 5 heterocycles. The van der Waals surface area contributed by atoms with Gasteiger partial charge in [-0.1, -0.05) is 0 Å². The van der Waals surface area contributed by atoms with Gasteiger partial charge in [0.15, 0.2) is 11.6 Å². The van der Waals surface area contributed by atoms with E-state index in [1.54, 1.807) is 20.8 Å². The van der Waals surface area contributed by atoms with Crippen molar-refractivity contribution < 1.29 is 37.0 Å². The van der Waals surface area contributed by atoms with Gasteiger partial charge in [0.25, 0.3) is 5.92 Å². The summed E-state index contributed by atoms with van der Waals surface area (Å²) in [7, 11) is 2.83. The fraction of sp³-hybridized carbons (Fsp3) is 0.323. The molecule has 0 radical (unpaired) electrons. The van der Waals surface area contributed by atoms with E-state index in [9.17, 15) is 28.3 Å². The zero-order valence-electron chi connectivity index (χ0n) is 25.3. The number of nitrogens with zero attached hydrogens (tertiary/aromatic N) is 5. The van der Waals surface area contributed by atoms with Crippen molar-refractivity contribution in [3.63, 3.8) is 0 Å². The van der Waals surface area contributed by atoms with Crippen LogP contribution in [0.5, 0.6) is 0 Å². The number of aromatic amines is 1. The number of amides is 1. The van der Waals surface area contributed by atoms with E-state index in [0.717, 1.165) is 17.2 Å². The number of rotatable bonds is 4. The second-order valence-electron chi connectivity index (χ2n) is 12.3. The van der Waals surface area contributed by atoms with Crippen LogP contribution < -0.4 is 15.2 Å². The van der Waals surface area contributed by atoms with Gasteiger partial charge < -0.3 is 24.3 Å². The van der Waals surface area contributed by atoms with Crippen LogP contribution in [0.1, 0.15) is 37.6 Å². The van der Waals surface area contributed by atoms with Gasteiger partial charge in [-0.25, -0.2) is 37.1 Å². The molecule has 1 aliphatic heterocycles. The quantitative estimate of drug-likeness (QED) is 0.235. The van der Waals surface area contributed by atoms with Crippen LogP contribution in [-0.4, -0.2) is 68.3 Å². The van der Waals surface area contributed by atoms with E-state index in [0.29, 0.717) is 0 Å². The number of ether oxygens (including phenoxy) is 1. The molecule has 4 aromatic heterocycles. The first-order chi connectivity index (χ1) is 21.5. The second kappa shape index (κ2) is 10.4. The molecule has 1 aromatic carbocycles. The van der Waals surface area contributed by atoms with Gasteiger partial charge in [-0.15, -0.1) is 0 Å². The van der Waals surface area contributed by atoms with E-state index in [-0.39, 0.29) is 62.0 Å². The Morgan fingerprint density at radius 3 is 2.48 bits per heavy atom. The molecular weight excluding hydrogens is 612 g/mol. The van der Waals surface area contributed by atoms with Crippen LogP contribution >= 0.6 is 0 Å². The third-order valence-electron chi connectivity index (χ3n) is 7.81. The average molecular weight is 641 g/mol. The van der Waals surface area contributed by atoms with E-state index in [1.165, 1.54) is 42.0 Å². The predicted molar refractivity (Wildman–Crippen MR) is 163 cm³/mol. The molecule has 240 valence electrons. The van der Waals surface area contributed by atoms with Gasteiger partial charge in [0.1, 0.15) is 22.5 Å². The molecule has 2 N–H and O–H groups in total. The largest absolute Gasteiger partial charge is 0.477 e. The number of carbonyl (C=O) groups is 2. The van der Waals surface area contributed by atoms with E-state index in [1.807, 2.05) is 0 Å². The molecule has 11 nitrogen and oxygen atoms in total. The number of carboxylic acid groups (broad SMARTS) is 1. The molecule has 1 fully saturated rings. The lowest BCUT2D eigenvalue weighted by atomic mass is 10.0. The standard InChI is InChI=1S/C31H28F4N6O5/c1-30(2,3)46-29(45)40(5)19-9-18(32)22(33)20-21-24(41-7-6-31(34,35)13-41)16(11-36-26(21)38-23(19)20)14-8-15-25(42)17(28(43)44)12-39(4)27(15)37-10-14/h8-12H,6-7,13H2,1-5H3,(H,36,38)(H,43,44). The van der Waals surface area contributed by atoms with Crippen molar-refractivity contribution in [1.82, 2.24) is 19.5 Å². The maximum Gasteiger partial charge on any atom is 0.414 e. The maximum absolute atomic E-state index is 15.8. The Morgan fingerprint density at radius 2 is 1.85 bits per heavy atom. The molecular formula is C31H28F4N6O5. The number of aromatic carboxylic acids is 1. The summed E-state index contributed by atoms with van der Waals surface area (Å²) >= 11 is 0. The molecule has 15 heteroatoms. The number of aryl methyl sites for hydroxylation is 1. The first kappa shape index (κ1) is 30.8. The number of benzene rings is 1. The minimum atomic E-state index is -3.10. The summed E-state index contributed by atoms with van der Waals surface area (Å²) in [6, 6.07) is 2.19. The molecule has 46 heavy (non-hydrogen) atoms. The van der Waals surface area contributed by atoms with E-state index in [2.05, 4.69) is 15.0 Å². The van der Waals surface area contributed by atoms with Crippen LogP contribution in [0.25, 0.3) is 44.1 Å². The Hall–Kier alpha value is -5.21. The number of halogens is 4. The van der Waals surface area contributed by atoms with Crippen LogP contribution in [0.15, 0.2) is 35.5 Å². The van der Waals surface area contributed by atoms with E-state index >= 15 is 8.78 Å². The van der Waals surface area contributed by atoms with Crippen LogP contribution in [-0.2, 0) is 11.8 Å². The number of hydrogen-bond donors (Lipinski definition) is 2. The van der Waals surface area contributed by atoms with Crippen molar-refractivity contribution in [1.29, 1.82) is 0 Å². The highest BCUT2D eigenvalue weighted by Crippen LogP contribution is 2.46. The number of carbonyl (C=O) groups excluding carboxylic acids is 1. The highest BCUT2D eigenvalue weighted by Gasteiger charge is 2.40. The first-order valence-corrected chi connectivity index (χ1v) is 14.1. The normalized spacial score (nSPS) is 14.8. The molecule has 6 rings (SSSR count). The maximum atomic E-state index is 15.8. The molecule has 1 amide bonds. The van der Waals surface area contributed by atoms with Crippen molar-refractivity contribution in [2.75, 3.05) is 29.9 Å². The average Bonchev–Trinajstić information content (AvgIpc) is 3.54. The lowest BCUT2D eigenvalue weighted by Crippen LogP contribution is -2.34. The van der Waals surface area contributed by atoms with Gasteiger partial charge in [-0.2, -0.15) is 0 Å². The molecule has 0 aliphatic carbocycles. The third-order valence-corrected chi connectivity index (χ3v) is 7.81. The van der Waals surface area contributed by atoms with Crippen molar-refractivity contribution in [2.24, 2.45) is 7.05 Å². The van der Waals surface area contributed by atoms with E-state index < -0.39 is 59.2 Å². The first-order valence-electron chi connectivity index (χ1n) is 14.1. The molecule has 0 unspecified atom stereocenters. The summed E-state index contributed by atoms with van der Waals surface area (Å²) in [6.07, 6.45) is 2.46. The number of H-pyrrole nitrogens is 1. The third kappa shape index (κ3) is 5.04. The second-order valence-corrected chi connectivity index (χ2v) is 12.3. The Labute approximate surface area is 258 Å². The zero-order valence-corrected chi connectivity index (χ0v) is 25.3. The summed E-state index contributed by atoms with van der Waals surface area (Å²) in [4.78, 5) is 51.7. The molecule has 0 saturated carbocycles. The van der Waals surface area contributed by atoms with Crippen molar-refractivity contribution in [3.8, 4) is 11.1 Å². The number of fused-ring (bicyclic) bond motifs is 4. The van der Waals surface area contributed by atoms with Gasteiger partial charge in [0.2, 0.25) is 5.43 Å². The van der Waals surface area contributed by atoms with Crippen LogP contribution in [0, 0.1) is 11.6 Å². The molecule has 0 spiro atoms. The topological polar surface area (TPSA) is 134 Å². The number of nitrogens with one attached hydrogen (secondary N) is 1. The van der Waals surface area contributed by atoms with Gasteiger partial charge in [-0.3, -0.25) is 9.69 Å². The minimum absolute atomic E-state index is 0.0186. The minimum Gasteiger partial charge on any atom is -0.477 e. The number of hydrogen-bond acceptors (Lipinski definition) is 7. The van der Waals surface area contributed by atoms with Crippen LogP contribution in [0.3, 0.4) is 0 Å². The van der Waals surface area contributed by atoms with Gasteiger partial charge >= 0.3 is 12.1 Å². The smallest absolute Gasteiger partial charge is 0.414 e. The number of alkyl halides is 2. The van der Waals surface area contributed by atoms with Gasteiger partial charge in [0, 0.05) is 62.8 Å². The fourth-order valence-corrected chi connectivity index (χ4v) is 5.75. The molecule has 0 atom stereocenters. The number of aromatic nitrogens is 4. The predicted octanol–water partition coefficient (Wildman–Crippen LogP) is 5.82. The van der Waals surface area contributed by atoms with Gasteiger partial charge in [-0.05, 0) is 26.8 Å². The lowest BCUT2D eigenvalue weighted by Gasteiger charge is -2.25. The van der Waals surface area contributed by atoms with E-state index in [4.69, 9.17) is 4.74 Å². The molecule has 1 saturated heterocycles. The van der Waals surface area contributed by atoms with Crippen molar-refractivity contribution in [3.05, 3.63) is 58.1 Å². The summed E-state index contributed by atoms with van der Waals surface area (Å²) in [5, 5.41) is 9.11. The summed E-state index contributed by atoms with van der Waals surface area (Å²) in [6.45, 7) is 4.03. The van der Waals surface area contributed by atoms with Crippen molar-refractivity contribution in [2.45, 2.75) is 38.7 Å². The Bertz CT molecular complexity index is 2170. The van der Waals surface area contributed by atoms with Crippen molar-refractivity contribution >= 4 is 56.4 Å². The summed E-state index contributed by atoms with van der Waals surface area (Å²) in [5.74, 6) is -7.15. The number of anilines is 2. The Kier molecular flexibility index (Phi) is 6.98. The fourth-order valence-electron chi connectivity index (χ4n) is 5.75. The Morgan fingerprint density at radius 1 is 1.13 bits per heavy atom. The summed E-state index contributed by atoms with van der Waals surface area (Å²) in [5.41, 5.74) is -1.72. The zero-order chi connectivity index (χ0) is 33.5. The number of carboxylic acids is 1. The van der Waals surface area contributed by atoms with Crippen LogP contribution in [0.2, 0.25) is 0 Å².